The van der Waals surface area contributed by atoms with Crippen molar-refractivity contribution >= 4 is 29.3 Å². The third-order valence-corrected chi connectivity index (χ3v) is 5.70. The molecular weight excluding hydrogens is 455 g/mol. The van der Waals surface area contributed by atoms with Crippen LogP contribution < -0.4 is 14.4 Å². The number of para-hydroxylation sites is 1. The van der Waals surface area contributed by atoms with Crippen molar-refractivity contribution in [2.75, 3.05) is 18.1 Å². The van der Waals surface area contributed by atoms with Crippen LogP contribution in [0.3, 0.4) is 0 Å². The average Bonchev–Trinajstić information content (AvgIpc) is 3.27. The predicted molar refractivity (Wildman–Crippen MR) is 129 cm³/mol. The predicted octanol–water partition coefficient (Wildman–Crippen LogP) is 5.95. The lowest BCUT2D eigenvalue weighted by Gasteiger charge is -2.17. The Balaban J connectivity index is 1.60. The fourth-order valence-corrected chi connectivity index (χ4v) is 4.09. The van der Waals surface area contributed by atoms with Crippen LogP contribution >= 0.6 is 11.6 Å². The molecule has 0 bridgehead atoms. The zero-order valence-electron chi connectivity index (χ0n) is 18.6. The smallest absolute Gasteiger partial charge is 0.268 e. The first-order valence-corrected chi connectivity index (χ1v) is 11.2. The van der Waals surface area contributed by atoms with Crippen LogP contribution in [0.5, 0.6) is 11.5 Å². The number of amides is 1. The van der Waals surface area contributed by atoms with Gasteiger partial charge >= 0.3 is 0 Å². The van der Waals surface area contributed by atoms with Gasteiger partial charge in [0.1, 0.15) is 24.1 Å². The second kappa shape index (κ2) is 10.4. The molecule has 0 fully saturated rings. The molecule has 0 N–H and O–H groups in total. The summed E-state index contributed by atoms with van der Waals surface area (Å²) in [4.78, 5) is 14.7. The van der Waals surface area contributed by atoms with Gasteiger partial charge in [0, 0.05) is 12.2 Å². The van der Waals surface area contributed by atoms with Crippen molar-refractivity contribution in [3.8, 4) is 17.6 Å². The molecule has 0 atom stereocenters. The van der Waals surface area contributed by atoms with Crippen molar-refractivity contribution in [1.29, 1.82) is 5.26 Å². The first-order chi connectivity index (χ1) is 16.5. The number of anilines is 1. The van der Waals surface area contributed by atoms with Crippen molar-refractivity contribution in [2.45, 2.75) is 20.0 Å². The Kier molecular flexibility index (Phi) is 7.15. The van der Waals surface area contributed by atoms with Gasteiger partial charge in [0.15, 0.2) is 11.5 Å². The fraction of sp³-hybridized carbons (Fsp3) is 0.185. The normalized spacial score (nSPS) is 12.8. The van der Waals surface area contributed by atoms with E-state index >= 15 is 0 Å². The van der Waals surface area contributed by atoms with Gasteiger partial charge in [0.25, 0.3) is 5.91 Å². The average molecular weight is 477 g/mol. The Hall–Kier alpha value is -3.82. The van der Waals surface area contributed by atoms with E-state index in [2.05, 4.69) is 0 Å². The lowest BCUT2D eigenvalue weighted by atomic mass is 10.1. The third kappa shape index (κ3) is 5.05. The van der Waals surface area contributed by atoms with Gasteiger partial charge in [-0.25, -0.2) is 4.39 Å². The Labute approximate surface area is 202 Å². The minimum absolute atomic E-state index is 0.00445. The van der Waals surface area contributed by atoms with Crippen LogP contribution in [0.2, 0.25) is 5.02 Å². The highest BCUT2D eigenvalue weighted by Gasteiger charge is 2.26. The summed E-state index contributed by atoms with van der Waals surface area (Å²) in [6.45, 7) is 2.89. The fourth-order valence-electron chi connectivity index (χ4n) is 3.81. The largest absolute Gasteiger partial charge is 0.490 e. The molecule has 7 heteroatoms. The maximum Gasteiger partial charge on any atom is 0.268 e. The van der Waals surface area contributed by atoms with E-state index < -0.39 is 0 Å². The van der Waals surface area contributed by atoms with E-state index in [0.717, 1.165) is 23.2 Å². The number of nitriles is 1. The molecule has 0 radical (unpaired) electrons. The van der Waals surface area contributed by atoms with Crippen LogP contribution in [-0.2, 0) is 17.8 Å². The Morgan fingerprint density at radius 1 is 1.18 bits per heavy atom. The first-order valence-electron chi connectivity index (χ1n) is 10.8. The molecule has 1 heterocycles. The number of hydrogen-bond donors (Lipinski definition) is 0. The number of benzene rings is 3. The van der Waals surface area contributed by atoms with E-state index in [9.17, 15) is 14.4 Å². The second-order valence-electron chi connectivity index (χ2n) is 7.68. The lowest BCUT2D eigenvalue weighted by Crippen LogP contribution is -2.29. The first kappa shape index (κ1) is 23.3. The standard InChI is InChI=1S/C27H22ClFN2O3/c1-2-33-25-15-19(14-23(28)26(25)34-17-18-7-9-22(29)10-8-18)13-21(16-30)27(32)31-12-11-20-5-3-4-6-24(20)31/h3-10,13-15H,2,11-12,17H2,1H3/b21-13+. The summed E-state index contributed by atoms with van der Waals surface area (Å²) in [5.41, 5.74) is 3.21. The van der Waals surface area contributed by atoms with E-state index in [1.807, 2.05) is 37.3 Å². The van der Waals surface area contributed by atoms with E-state index in [4.69, 9.17) is 21.1 Å². The minimum Gasteiger partial charge on any atom is -0.490 e. The maximum atomic E-state index is 13.1. The zero-order valence-corrected chi connectivity index (χ0v) is 19.3. The number of nitrogens with zero attached hydrogens (tertiary/aromatic N) is 2. The Morgan fingerprint density at radius 3 is 2.68 bits per heavy atom. The number of carbonyl (C=O) groups excluding carboxylic acids is 1. The SMILES string of the molecule is CCOc1cc(/C=C(\C#N)C(=O)N2CCc3ccccc32)cc(Cl)c1OCc1ccc(F)cc1. The molecule has 0 unspecified atom stereocenters. The Bertz CT molecular complexity index is 1280. The molecule has 34 heavy (non-hydrogen) atoms. The molecule has 0 aromatic heterocycles. The maximum absolute atomic E-state index is 13.1. The van der Waals surface area contributed by atoms with Gasteiger partial charge in [-0.3, -0.25) is 4.79 Å². The van der Waals surface area contributed by atoms with Crippen molar-refractivity contribution in [2.24, 2.45) is 0 Å². The van der Waals surface area contributed by atoms with E-state index in [1.165, 1.54) is 18.2 Å². The molecule has 0 saturated heterocycles. The summed E-state index contributed by atoms with van der Waals surface area (Å²) in [5.74, 6) is 0.0364. The monoisotopic (exact) mass is 476 g/mol. The number of hydrogen-bond acceptors (Lipinski definition) is 4. The molecule has 1 aliphatic heterocycles. The van der Waals surface area contributed by atoms with Crippen molar-refractivity contribution in [3.63, 3.8) is 0 Å². The van der Waals surface area contributed by atoms with Gasteiger partial charge in [0.05, 0.1) is 11.6 Å². The van der Waals surface area contributed by atoms with Crippen LogP contribution in [0.25, 0.3) is 6.08 Å². The third-order valence-electron chi connectivity index (χ3n) is 5.42. The number of fused-ring (bicyclic) bond motifs is 1. The number of carbonyl (C=O) groups is 1. The summed E-state index contributed by atoms with van der Waals surface area (Å²) in [6.07, 6.45) is 2.25. The van der Waals surface area contributed by atoms with Crippen molar-refractivity contribution in [1.82, 2.24) is 0 Å². The van der Waals surface area contributed by atoms with Crippen LogP contribution in [0, 0.1) is 17.1 Å². The summed E-state index contributed by atoms with van der Waals surface area (Å²) >= 11 is 6.49. The molecule has 1 aliphatic rings. The molecular formula is C27H22ClFN2O3. The van der Waals surface area contributed by atoms with Crippen LogP contribution in [0.15, 0.2) is 66.2 Å². The van der Waals surface area contributed by atoms with E-state index in [-0.39, 0.29) is 28.9 Å². The summed E-state index contributed by atoms with van der Waals surface area (Å²) < 4.78 is 24.7. The number of ether oxygens (including phenoxy) is 2. The highest BCUT2D eigenvalue weighted by Crippen LogP contribution is 2.38. The molecule has 0 aliphatic carbocycles. The highest BCUT2D eigenvalue weighted by atomic mass is 35.5. The Morgan fingerprint density at radius 2 is 1.94 bits per heavy atom. The quantitative estimate of drug-likeness (QED) is 0.312. The number of halogens is 2. The van der Waals surface area contributed by atoms with Crippen molar-refractivity contribution < 1.29 is 18.7 Å². The van der Waals surface area contributed by atoms with Crippen molar-refractivity contribution in [3.05, 3.63) is 93.8 Å². The molecule has 1 amide bonds. The second-order valence-corrected chi connectivity index (χ2v) is 8.09. The van der Waals surface area contributed by atoms with E-state index in [0.29, 0.717) is 30.2 Å². The summed E-state index contributed by atoms with van der Waals surface area (Å²) in [7, 11) is 0. The van der Waals surface area contributed by atoms with Crippen LogP contribution in [-0.4, -0.2) is 19.1 Å². The minimum atomic E-state index is -0.363. The highest BCUT2D eigenvalue weighted by molar-refractivity contribution is 6.32. The van der Waals surface area contributed by atoms with Gasteiger partial charge in [-0.2, -0.15) is 5.26 Å². The van der Waals surface area contributed by atoms with Crippen LogP contribution in [0.4, 0.5) is 10.1 Å². The molecule has 5 nitrogen and oxygen atoms in total. The molecule has 0 saturated carbocycles. The zero-order chi connectivity index (χ0) is 24.1. The topological polar surface area (TPSA) is 62.6 Å². The van der Waals surface area contributed by atoms with Crippen LogP contribution in [0.1, 0.15) is 23.6 Å². The molecule has 4 rings (SSSR count). The van der Waals surface area contributed by atoms with Gasteiger partial charge in [-0.15, -0.1) is 0 Å². The summed E-state index contributed by atoms with van der Waals surface area (Å²) in [6, 6.07) is 19.0. The van der Waals surface area contributed by atoms with Gasteiger partial charge in [-0.1, -0.05) is 41.9 Å². The molecule has 3 aromatic rings. The van der Waals surface area contributed by atoms with Gasteiger partial charge in [-0.05, 0) is 66.4 Å². The van der Waals surface area contributed by atoms with E-state index in [1.54, 1.807) is 29.2 Å². The number of rotatable bonds is 7. The molecule has 0 spiro atoms. The lowest BCUT2D eigenvalue weighted by molar-refractivity contribution is -0.114. The molecule has 3 aromatic carbocycles. The van der Waals surface area contributed by atoms with Gasteiger partial charge < -0.3 is 14.4 Å². The van der Waals surface area contributed by atoms with Gasteiger partial charge in [0.2, 0.25) is 0 Å². The molecule has 172 valence electrons. The summed E-state index contributed by atoms with van der Waals surface area (Å²) in [5, 5.41) is 9.98.